The molecule has 1 aliphatic heterocycles. The van der Waals surface area contributed by atoms with E-state index in [4.69, 9.17) is 16.3 Å². The number of rotatable bonds is 3. The van der Waals surface area contributed by atoms with E-state index < -0.39 is 0 Å². The second kappa shape index (κ2) is 7.18. The average Bonchev–Trinajstić information content (AvgIpc) is 2.61. The first-order valence-electron chi connectivity index (χ1n) is 7.82. The normalized spacial score (nSPS) is 15.4. The van der Waals surface area contributed by atoms with Crippen LogP contribution in [0, 0.1) is 11.7 Å². The molecular formula is C18H18ClFN2O2. The van der Waals surface area contributed by atoms with Gasteiger partial charge in [-0.2, -0.15) is 0 Å². The molecule has 1 aromatic carbocycles. The van der Waals surface area contributed by atoms with Crippen molar-refractivity contribution in [2.75, 3.05) is 25.1 Å². The molecule has 4 nitrogen and oxygen atoms in total. The predicted octanol–water partition coefficient (Wildman–Crippen LogP) is 3.93. The van der Waals surface area contributed by atoms with Crippen LogP contribution in [0.5, 0.6) is 0 Å². The lowest BCUT2D eigenvalue weighted by molar-refractivity contribution is -0.146. The molecule has 0 radical (unpaired) electrons. The standard InChI is InChI=1S/C18H18ClFN2O2/c1-24-18(23)12-5-7-22(8-6-12)17-10-16(20)15(11-21-17)13-3-2-4-14(19)9-13/h2-4,9-12H,5-8H2,1H3. The fraction of sp³-hybridized carbons (Fsp3) is 0.333. The lowest BCUT2D eigenvalue weighted by Gasteiger charge is -2.31. The Morgan fingerprint density at radius 3 is 2.71 bits per heavy atom. The van der Waals surface area contributed by atoms with Gasteiger partial charge < -0.3 is 9.64 Å². The summed E-state index contributed by atoms with van der Waals surface area (Å²) in [6.45, 7) is 1.31. The van der Waals surface area contributed by atoms with Crippen LogP contribution in [0.25, 0.3) is 11.1 Å². The lowest BCUT2D eigenvalue weighted by Crippen LogP contribution is -2.37. The Kier molecular flexibility index (Phi) is 5.00. The van der Waals surface area contributed by atoms with Gasteiger partial charge in [-0.05, 0) is 30.5 Å². The van der Waals surface area contributed by atoms with Crippen molar-refractivity contribution in [3.8, 4) is 11.1 Å². The summed E-state index contributed by atoms with van der Waals surface area (Å²) in [4.78, 5) is 17.9. The molecule has 0 spiro atoms. The molecule has 0 aliphatic carbocycles. The van der Waals surface area contributed by atoms with E-state index in [1.165, 1.54) is 19.4 Å². The number of hydrogen-bond donors (Lipinski definition) is 0. The summed E-state index contributed by atoms with van der Waals surface area (Å²) < 4.78 is 19.3. The molecule has 126 valence electrons. The van der Waals surface area contributed by atoms with Gasteiger partial charge in [-0.1, -0.05) is 23.7 Å². The van der Waals surface area contributed by atoms with Crippen molar-refractivity contribution in [3.63, 3.8) is 0 Å². The predicted molar refractivity (Wildman–Crippen MR) is 91.6 cm³/mol. The topological polar surface area (TPSA) is 42.4 Å². The summed E-state index contributed by atoms with van der Waals surface area (Å²) in [7, 11) is 1.40. The van der Waals surface area contributed by atoms with E-state index in [2.05, 4.69) is 4.98 Å². The number of carbonyl (C=O) groups excluding carboxylic acids is 1. The average molecular weight is 349 g/mol. The number of esters is 1. The number of aromatic nitrogens is 1. The molecule has 0 N–H and O–H groups in total. The molecule has 2 aromatic rings. The van der Waals surface area contributed by atoms with Crippen molar-refractivity contribution < 1.29 is 13.9 Å². The largest absolute Gasteiger partial charge is 0.469 e. The molecule has 24 heavy (non-hydrogen) atoms. The van der Waals surface area contributed by atoms with Crippen molar-refractivity contribution >= 4 is 23.4 Å². The molecule has 1 aliphatic rings. The third-order valence-electron chi connectivity index (χ3n) is 4.33. The number of piperidine rings is 1. The zero-order valence-corrected chi connectivity index (χ0v) is 14.1. The minimum atomic E-state index is -0.336. The second-order valence-electron chi connectivity index (χ2n) is 5.82. The van der Waals surface area contributed by atoms with Gasteiger partial charge in [0, 0.05) is 35.9 Å². The highest BCUT2D eigenvalue weighted by Gasteiger charge is 2.26. The van der Waals surface area contributed by atoms with Gasteiger partial charge in [0.05, 0.1) is 13.0 Å². The molecule has 0 atom stereocenters. The Hall–Kier alpha value is -2.14. The minimum Gasteiger partial charge on any atom is -0.469 e. The van der Waals surface area contributed by atoms with Gasteiger partial charge in [-0.3, -0.25) is 4.79 Å². The summed E-state index contributed by atoms with van der Waals surface area (Å²) in [5, 5.41) is 0.556. The van der Waals surface area contributed by atoms with Gasteiger partial charge in [0.1, 0.15) is 11.6 Å². The highest BCUT2D eigenvalue weighted by Crippen LogP contribution is 2.28. The van der Waals surface area contributed by atoms with Crippen LogP contribution in [0.1, 0.15) is 12.8 Å². The minimum absolute atomic E-state index is 0.0816. The number of benzene rings is 1. The quantitative estimate of drug-likeness (QED) is 0.788. The Morgan fingerprint density at radius 2 is 2.08 bits per heavy atom. The molecule has 1 fully saturated rings. The zero-order chi connectivity index (χ0) is 17.1. The first-order valence-corrected chi connectivity index (χ1v) is 8.20. The van der Waals surface area contributed by atoms with Crippen LogP contribution in [-0.4, -0.2) is 31.2 Å². The number of pyridine rings is 1. The maximum absolute atomic E-state index is 14.5. The van der Waals surface area contributed by atoms with Gasteiger partial charge in [-0.25, -0.2) is 9.37 Å². The Morgan fingerprint density at radius 1 is 1.33 bits per heavy atom. The van der Waals surface area contributed by atoms with E-state index in [9.17, 15) is 9.18 Å². The van der Waals surface area contributed by atoms with E-state index in [1.54, 1.807) is 24.3 Å². The Labute approximate surface area is 145 Å². The van der Waals surface area contributed by atoms with Crippen molar-refractivity contribution in [3.05, 3.63) is 47.4 Å². The molecule has 1 saturated heterocycles. The molecule has 0 amide bonds. The molecule has 0 bridgehead atoms. The number of methoxy groups -OCH3 is 1. The maximum atomic E-state index is 14.5. The monoisotopic (exact) mass is 348 g/mol. The van der Waals surface area contributed by atoms with E-state index in [1.807, 2.05) is 4.90 Å². The van der Waals surface area contributed by atoms with E-state index in [-0.39, 0.29) is 17.7 Å². The third kappa shape index (κ3) is 3.51. The molecule has 0 saturated carbocycles. The molecule has 2 heterocycles. The van der Waals surface area contributed by atoms with E-state index >= 15 is 0 Å². The molecule has 3 rings (SSSR count). The van der Waals surface area contributed by atoms with Crippen molar-refractivity contribution in [1.29, 1.82) is 0 Å². The Balaban J connectivity index is 1.75. The summed E-state index contributed by atoms with van der Waals surface area (Å²) >= 11 is 5.96. The second-order valence-corrected chi connectivity index (χ2v) is 6.25. The van der Waals surface area contributed by atoms with Crippen molar-refractivity contribution in [1.82, 2.24) is 4.98 Å². The highest BCUT2D eigenvalue weighted by molar-refractivity contribution is 6.30. The third-order valence-corrected chi connectivity index (χ3v) is 4.56. The van der Waals surface area contributed by atoms with E-state index in [0.29, 0.717) is 47.9 Å². The highest BCUT2D eigenvalue weighted by atomic mass is 35.5. The first-order chi connectivity index (χ1) is 11.6. The van der Waals surface area contributed by atoms with Crippen molar-refractivity contribution in [2.24, 2.45) is 5.92 Å². The number of hydrogen-bond acceptors (Lipinski definition) is 4. The van der Waals surface area contributed by atoms with Crippen LogP contribution in [-0.2, 0) is 9.53 Å². The van der Waals surface area contributed by atoms with Crippen LogP contribution >= 0.6 is 11.6 Å². The maximum Gasteiger partial charge on any atom is 0.308 e. The fourth-order valence-corrected chi connectivity index (χ4v) is 3.16. The molecule has 1 aromatic heterocycles. The van der Waals surface area contributed by atoms with Crippen molar-refractivity contribution in [2.45, 2.75) is 12.8 Å². The van der Waals surface area contributed by atoms with Crippen LogP contribution in [0.3, 0.4) is 0 Å². The molecule has 0 unspecified atom stereocenters. The van der Waals surface area contributed by atoms with Crippen LogP contribution < -0.4 is 4.90 Å². The van der Waals surface area contributed by atoms with Gasteiger partial charge in [-0.15, -0.1) is 0 Å². The van der Waals surface area contributed by atoms with Gasteiger partial charge in [0.25, 0.3) is 0 Å². The number of carbonyl (C=O) groups is 1. The SMILES string of the molecule is COC(=O)C1CCN(c2cc(F)c(-c3cccc(Cl)c3)cn2)CC1. The Bertz CT molecular complexity index is 746. The number of halogens is 2. The number of anilines is 1. The smallest absolute Gasteiger partial charge is 0.308 e. The molecular weight excluding hydrogens is 331 g/mol. The first kappa shape index (κ1) is 16.7. The van der Waals surface area contributed by atoms with Crippen LogP contribution in [0.2, 0.25) is 5.02 Å². The van der Waals surface area contributed by atoms with Gasteiger partial charge >= 0.3 is 5.97 Å². The summed E-state index contributed by atoms with van der Waals surface area (Å²) in [6, 6.07) is 8.48. The fourth-order valence-electron chi connectivity index (χ4n) is 2.97. The van der Waals surface area contributed by atoms with Gasteiger partial charge in [0.15, 0.2) is 0 Å². The summed E-state index contributed by atoms with van der Waals surface area (Å²) in [6.07, 6.45) is 2.90. The zero-order valence-electron chi connectivity index (χ0n) is 13.3. The lowest BCUT2D eigenvalue weighted by atomic mass is 9.97. The number of ether oxygens (including phenoxy) is 1. The molecule has 6 heteroatoms. The van der Waals surface area contributed by atoms with Gasteiger partial charge in [0.2, 0.25) is 0 Å². The number of nitrogens with zero attached hydrogens (tertiary/aromatic N) is 2. The van der Waals surface area contributed by atoms with E-state index in [0.717, 1.165) is 0 Å². The van der Waals surface area contributed by atoms with Crippen LogP contribution in [0.15, 0.2) is 36.5 Å². The van der Waals surface area contributed by atoms with Crippen LogP contribution in [0.4, 0.5) is 10.2 Å². The summed E-state index contributed by atoms with van der Waals surface area (Å²) in [5.74, 6) is -0.00845. The summed E-state index contributed by atoms with van der Waals surface area (Å²) in [5.41, 5.74) is 1.12.